The predicted molar refractivity (Wildman–Crippen MR) is 98.4 cm³/mol. The van der Waals surface area contributed by atoms with Gasteiger partial charge in [-0.05, 0) is 31.2 Å². The summed E-state index contributed by atoms with van der Waals surface area (Å²) in [6.07, 6.45) is 1.94. The maximum Gasteiger partial charge on any atom is 0.342 e. The number of carbonyl (C=O) groups excluding carboxylic acids is 1. The van der Waals surface area contributed by atoms with Crippen molar-refractivity contribution in [2.75, 3.05) is 0 Å². The molecule has 1 unspecified atom stereocenters. The fourth-order valence-corrected chi connectivity index (χ4v) is 2.99. The number of alkyl halides is 2. The standard InChI is InChI=1S/C20H16F2N4O2/c1-13(18-24-16-9-5-6-10-17(16)26(18)20(21)22)28-19(27)14-11-23-25(12-14)15-7-3-2-4-8-15/h2-13,20H,1H3. The summed E-state index contributed by atoms with van der Waals surface area (Å²) in [4.78, 5) is 16.7. The van der Waals surface area contributed by atoms with Crippen molar-refractivity contribution < 1.29 is 18.3 Å². The van der Waals surface area contributed by atoms with Gasteiger partial charge in [-0.3, -0.25) is 4.57 Å². The largest absolute Gasteiger partial charge is 0.451 e. The van der Waals surface area contributed by atoms with E-state index in [1.165, 1.54) is 24.0 Å². The summed E-state index contributed by atoms with van der Waals surface area (Å²) >= 11 is 0. The lowest BCUT2D eigenvalue weighted by molar-refractivity contribution is 0.0233. The predicted octanol–water partition coefficient (Wildman–Crippen LogP) is 4.54. The highest BCUT2D eigenvalue weighted by atomic mass is 19.3. The first-order valence-electron chi connectivity index (χ1n) is 8.60. The van der Waals surface area contributed by atoms with Crippen molar-refractivity contribution in [3.63, 3.8) is 0 Å². The van der Waals surface area contributed by atoms with Gasteiger partial charge in [0.2, 0.25) is 0 Å². The summed E-state index contributed by atoms with van der Waals surface area (Å²) in [6.45, 7) is -1.29. The number of halogens is 2. The summed E-state index contributed by atoms with van der Waals surface area (Å²) in [6, 6.07) is 15.8. The third-order valence-electron chi connectivity index (χ3n) is 4.30. The van der Waals surface area contributed by atoms with E-state index in [0.29, 0.717) is 5.52 Å². The number of ether oxygens (including phenoxy) is 1. The highest BCUT2D eigenvalue weighted by Crippen LogP contribution is 2.28. The Morgan fingerprint density at radius 1 is 1.07 bits per heavy atom. The van der Waals surface area contributed by atoms with Crippen LogP contribution in [0.5, 0.6) is 0 Å². The molecule has 0 aliphatic rings. The topological polar surface area (TPSA) is 61.9 Å². The molecule has 0 radical (unpaired) electrons. The van der Waals surface area contributed by atoms with Crippen molar-refractivity contribution in [2.24, 2.45) is 0 Å². The van der Waals surface area contributed by atoms with E-state index in [1.54, 1.807) is 24.3 Å². The third kappa shape index (κ3) is 3.24. The first-order chi connectivity index (χ1) is 13.5. The minimum absolute atomic E-state index is 0.0139. The molecule has 0 saturated carbocycles. The van der Waals surface area contributed by atoms with Gasteiger partial charge in [0.05, 0.1) is 28.5 Å². The molecule has 0 aliphatic carbocycles. The molecule has 8 heteroatoms. The van der Waals surface area contributed by atoms with Crippen LogP contribution in [0.25, 0.3) is 16.7 Å². The summed E-state index contributed by atoms with van der Waals surface area (Å²) in [5.74, 6) is -0.678. The zero-order valence-electron chi connectivity index (χ0n) is 14.9. The lowest BCUT2D eigenvalue weighted by atomic mass is 10.3. The van der Waals surface area contributed by atoms with Gasteiger partial charge in [-0.2, -0.15) is 13.9 Å². The molecule has 2 aromatic carbocycles. The highest BCUT2D eigenvalue weighted by molar-refractivity contribution is 5.89. The van der Waals surface area contributed by atoms with Gasteiger partial charge in [-0.1, -0.05) is 30.3 Å². The fraction of sp³-hybridized carbons (Fsp3) is 0.150. The average Bonchev–Trinajstić information content (AvgIpc) is 3.34. The van der Waals surface area contributed by atoms with E-state index in [2.05, 4.69) is 10.1 Å². The number of rotatable bonds is 5. The van der Waals surface area contributed by atoms with Crippen molar-refractivity contribution in [3.8, 4) is 5.69 Å². The van der Waals surface area contributed by atoms with Crippen LogP contribution in [0, 0.1) is 0 Å². The van der Waals surface area contributed by atoms with Crippen LogP contribution in [0.15, 0.2) is 67.0 Å². The number of imidazole rings is 1. The van der Waals surface area contributed by atoms with Crippen molar-refractivity contribution in [3.05, 3.63) is 78.4 Å². The van der Waals surface area contributed by atoms with Crippen molar-refractivity contribution in [1.82, 2.24) is 19.3 Å². The third-order valence-corrected chi connectivity index (χ3v) is 4.30. The van der Waals surface area contributed by atoms with Crippen molar-refractivity contribution in [2.45, 2.75) is 19.6 Å². The van der Waals surface area contributed by atoms with Crippen molar-refractivity contribution in [1.29, 1.82) is 0 Å². The minimum Gasteiger partial charge on any atom is -0.451 e. The number of nitrogens with zero attached hydrogens (tertiary/aromatic N) is 4. The van der Waals surface area contributed by atoms with Crippen LogP contribution in [0.1, 0.15) is 35.8 Å². The van der Waals surface area contributed by atoms with E-state index in [0.717, 1.165) is 10.3 Å². The second-order valence-corrected chi connectivity index (χ2v) is 6.16. The maximum atomic E-state index is 13.6. The summed E-state index contributed by atoms with van der Waals surface area (Å²) in [5, 5.41) is 4.14. The van der Waals surface area contributed by atoms with Gasteiger partial charge in [-0.25, -0.2) is 14.5 Å². The molecule has 4 aromatic rings. The van der Waals surface area contributed by atoms with Gasteiger partial charge in [0.25, 0.3) is 0 Å². The zero-order valence-corrected chi connectivity index (χ0v) is 14.9. The molecule has 0 spiro atoms. The number of hydrogen-bond acceptors (Lipinski definition) is 4. The SMILES string of the molecule is CC(OC(=O)c1cnn(-c2ccccc2)c1)c1nc2ccccc2n1C(F)F. The molecule has 28 heavy (non-hydrogen) atoms. The van der Waals surface area contributed by atoms with Gasteiger partial charge < -0.3 is 4.74 Å². The average molecular weight is 382 g/mol. The van der Waals surface area contributed by atoms with E-state index >= 15 is 0 Å². The molecule has 2 heterocycles. The number of hydrogen-bond donors (Lipinski definition) is 0. The first kappa shape index (κ1) is 17.8. The molecule has 0 aliphatic heterocycles. The number of carbonyl (C=O) groups is 1. The second kappa shape index (κ2) is 7.22. The van der Waals surface area contributed by atoms with Gasteiger partial charge >= 0.3 is 12.5 Å². The van der Waals surface area contributed by atoms with E-state index in [1.807, 2.05) is 30.3 Å². The first-order valence-corrected chi connectivity index (χ1v) is 8.60. The minimum atomic E-state index is -2.80. The second-order valence-electron chi connectivity index (χ2n) is 6.16. The molecule has 0 fully saturated rings. The summed E-state index contributed by atoms with van der Waals surface area (Å²) in [7, 11) is 0. The molecule has 0 amide bonds. The van der Waals surface area contributed by atoms with Crippen LogP contribution in [0.3, 0.4) is 0 Å². The van der Waals surface area contributed by atoms with Crippen LogP contribution in [0.2, 0.25) is 0 Å². The number of aromatic nitrogens is 4. The van der Waals surface area contributed by atoms with Crippen molar-refractivity contribution >= 4 is 17.0 Å². The van der Waals surface area contributed by atoms with Crippen LogP contribution >= 0.6 is 0 Å². The Hall–Kier alpha value is -3.55. The monoisotopic (exact) mass is 382 g/mol. The Kier molecular flexibility index (Phi) is 4.60. The van der Waals surface area contributed by atoms with Crippen LogP contribution < -0.4 is 0 Å². The number of benzene rings is 2. The van der Waals surface area contributed by atoms with Gasteiger partial charge in [0, 0.05) is 6.20 Å². The Labute approximate surface area is 159 Å². The normalized spacial score (nSPS) is 12.4. The van der Waals surface area contributed by atoms with E-state index in [9.17, 15) is 13.6 Å². The van der Waals surface area contributed by atoms with E-state index < -0.39 is 18.6 Å². The summed E-state index contributed by atoms with van der Waals surface area (Å²) in [5.41, 5.74) is 1.70. The molecule has 0 bridgehead atoms. The smallest absolute Gasteiger partial charge is 0.342 e. The number of esters is 1. The Balaban J connectivity index is 1.58. The lowest BCUT2D eigenvalue weighted by Crippen LogP contribution is -2.14. The van der Waals surface area contributed by atoms with Crippen LogP contribution in [-0.2, 0) is 4.74 Å². The van der Waals surface area contributed by atoms with Crippen LogP contribution in [-0.4, -0.2) is 25.3 Å². The van der Waals surface area contributed by atoms with E-state index in [-0.39, 0.29) is 16.9 Å². The molecular weight excluding hydrogens is 366 g/mol. The lowest BCUT2D eigenvalue weighted by Gasteiger charge is -2.14. The zero-order chi connectivity index (χ0) is 19.7. The molecule has 1 atom stereocenters. The molecule has 0 N–H and O–H groups in total. The number of para-hydroxylation sites is 3. The highest BCUT2D eigenvalue weighted by Gasteiger charge is 2.25. The van der Waals surface area contributed by atoms with Gasteiger partial charge in [0.1, 0.15) is 0 Å². The van der Waals surface area contributed by atoms with Gasteiger partial charge in [-0.15, -0.1) is 0 Å². The Morgan fingerprint density at radius 2 is 1.79 bits per heavy atom. The van der Waals surface area contributed by atoms with Gasteiger partial charge in [0.15, 0.2) is 11.9 Å². The fourth-order valence-electron chi connectivity index (χ4n) is 2.99. The molecule has 2 aromatic heterocycles. The molecule has 0 saturated heterocycles. The molecule has 6 nitrogen and oxygen atoms in total. The summed E-state index contributed by atoms with van der Waals surface area (Å²) < 4.78 is 34.8. The Bertz CT molecular complexity index is 1120. The molecule has 142 valence electrons. The molecular formula is C20H16F2N4O2. The molecule has 4 rings (SSSR count). The maximum absolute atomic E-state index is 13.6. The Morgan fingerprint density at radius 3 is 2.54 bits per heavy atom. The van der Waals surface area contributed by atoms with E-state index in [4.69, 9.17) is 4.74 Å². The quantitative estimate of drug-likeness (QED) is 0.476. The van der Waals surface area contributed by atoms with Crippen LogP contribution in [0.4, 0.5) is 8.78 Å². The number of fused-ring (bicyclic) bond motifs is 1.